The standard InChI is InChI=1S/C40H26N6S2/c41-37(47-38(42)35-19-7-17-33(43-35)31-15-5-11-25-9-1-3-13-29(25)31)27-21-23-28(24-22-27)39-45-46-40(48-39)36-20-8-18-34(44-36)32-16-6-12-26-10-2-4-14-30(26)32/h1-24,41-42H. The molecule has 5 aromatic carbocycles. The fourth-order valence-electron chi connectivity index (χ4n) is 5.73. The summed E-state index contributed by atoms with van der Waals surface area (Å²) in [4.78, 5) is 9.74. The molecule has 3 aromatic heterocycles. The van der Waals surface area contributed by atoms with E-state index in [0.717, 1.165) is 71.7 Å². The second-order valence-corrected chi connectivity index (χ2v) is 13.1. The van der Waals surface area contributed by atoms with E-state index in [0.29, 0.717) is 11.3 Å². The second kappa shape index (κ2) is 12.8. The van der Waals surface area contributed by atoms with Crippen LogP contribution >= 0.6 is 23.1 Å². The van der Waals surface area contributed by atoms with E-state index in [4.69, 9.17) is 20.8 Å². The molecule has 8 aromatic rings. The lowest BCUT2D eigenvalue weighted by atomic mass is 10.0. The first kappa shape index (κ1) is 29.6. The molecule has 0 bridgehead atoms. The van der Waals surface area contributed by atoms with Crippen molar-refractivity contribution in [2.24, 2.45) is 0 Å². The Morgan fingerprint density at radius 2 is 1.02 bits per heavy atom. The summed E-state index contributed by atoms with van der Waals surface area (Å²) in [6.07, 6.45) is 0. The monoisotopic (exact) mass is 654 g/mol. The molecule has 3 heterocycles. The fourth-order valence-corrected chi connectivity index (χ4v) is 7.23. The molecule has 0 saturated heterocycles. The Hall–Kier alpha value is -5.83. The first-order valence-corrected chi connectivity index (χ1v) is 16.9. The number of nitrogens with zero attached hydrogens (tertiary/aromatic N) is 4. The predicted octanol–water partition coefficient (Wildman–Crippen LogP) is 10.4. The summed E-state index contributed by atoms with van der Waals surface area (Å²) in [6, 6.07) is 48.3. The molecule has 0 aliphatic rings. The van der Waals surface area contributed by atoms with E-state index in [1.54, 1.807) is 0 Å². The highest BCUT2D eigenvalue weighted by molar-refractivity contribution is 8.27. The minimum atomic E-state index is 0.221. The zero-order valence-electron chi connectivity index (χ0n) is 25.5. The van der Waals surface area contributed by atoms with E-state index in [-0.39, 0.29) is 10.1 Å². The number of aromatic nitrogens is 4. The number of rotatable bonds is 6. The number of benzene rings is 5. The van der Waals surface area contributed by atoms with Crippen LogP contribution < -0.4 is 0 Å². The first-order chi connectivity index (χ1) is 23.6. The highest BCUT2D eigenvalue weighted by Crippen LogP contribution is 2.33. The lowest BCUT2D eigenvalue weighted by Crippen LogP contribution is -2.04. The zero-order valence-corrected chi connectivity index (χ0v) is 27.1. The van der Waals surface area contributed by atoms with Crippen LogP contribution in [0, 0.1) is 10.8 Å². The van der Waals surface area contributed by atoms with E-state index >= 15 is 0 Å². The molecule has 0 saturated carbocycles. The summed E-state index contributed by atoms with van der Waals surface area (Å²) in [7, 11) is 0. The lowest BCUT2D eigenvalue weighted by molar-refractivity contribution is 1.09. The summed E-state index contributed by atoms with van der Waals surface area (Å²) < 4.78 is 0. The summed E-state index contributed by atoms with van der Waals surface area (Å²) >= 11 is 2.57. The molecule has 8 heteroatoms. The molecule has 2 N–H and O–H groups in total. The number of hydrogen-bond acceptors (Lipinski definition) is 8. The minimum absolute atomic E-state index is 0.221. The van der Waals surface area contributed by atoms with Crippen LogP contribution in [0.15, 0.2) is 146 Å². The van der Waals surface area contributed by atoms with Crippen molar-refractivity contribution in [3.63, 3.8) is 0 Å². The van der Waals surface area contributed by atoms with Crippen LogP contribution in [-0.4, -0.2) is 30.3 Å². The number of pyridine rings is 2. The van der Waals surface area contributed by atoms with Gasteiger partial charge in [-0.3, -0.25) is 10.8 Å². The van der Waals surface area contributed by atoms with Crippen LogP contribution in [0.4, 0.5) is 0 Å². The van der Waals surface area contributed by atoms with Crippen molar-refractivity contribution in [1.29, 1.82) is 10.8 Å². The topological polar surface area (TPSA) is 99.3 Å². The van der Waals surface area contributed by atoms with Crippen LogP contribution in [-0.2, 0) is 0 Å². The largest absolute Gasteiger partial charge is 0.293 e. The molecule has 0 aliphatic carbocycles. The molecule has 0 spiro atoms. The smallest absolute Gasteiger partial charge is 0.166 e. The van der Waals surface area contributed by atoms with Crippen molar-refractivity contribution in [3.05, 3.63) is 157 Å². The zero-order chi connectivity index (χ0) is 32.5. The number of fused-ring (bicyclic) bond motifs is 2. The van der Waals surface area contributed by atoms with E-state index in [2.05, 4.69) is 64.8 Å². The maximum absolute atomic E-state index is 8.74. The Balaban J connectivity index is 0.978. The van der Waals surface area contributed by atoms with Crippen molar-refractivity contribution in [2.45, 2.75) is 0 Å². The molecule has 0 unspecified atom stereocenters. The van der Waals surface area contributed by atoms with Gasteiger partial charge in [0.05, 0.1) is 17.1 Å². The van der Waals surface area contributed by atoms with E-state index in [9.17, 15) is 0 Å². The van der Waals surface area contributed by atoms with E-state index in [1.807, 2.05) is 91.0 Å². The van der Waals surface area contributed by atoms with Crippen LogP contribution in [0.1, 0.15) is 11.3 Å². The third-order valence-corrected chi connectivity index (χ3v) is 9.95. The van der Waals surface area contributed by atoms with Crippen LogP contribution in [0.2, 0.25) is 0 Å². The van der Waals surface area contributed by atoms with Gasteiger partial charge in [0, 0.05) is 22.3 Å². The van der Waals surface area contributed by atoms with Gasteiger partial charge in [0.25, 0.3) is 0 Å². The molecule has 0 radical (unpaired) electrons. The SMILES string of the molecule is N=C(SC(=N)c1cccc(-c2cccc3ccccc23)n1)c1ccc(-c2nnc(-c3cccc(-c4cccc5ccccc45)n3)s2)cc1. The molecule has 0 atom stereocenters. The van der Waals surface area contributed by atoms with Crippen LogP contribution in [0.5, 0.6) is 0 Å². The molecule has 228 valence electrons. The van der Waals surface area contributed by atoms with Gasteiger partial charge >= 0.3 is 0 Å². The van der Waals surface area contributed by atoms with Gasteiger partial charge in [0.15, 0.2) is 5.01 Å². The Morgan fingerprint density at radius 3 is 1.71 bits per heavy atom. The van der Waals surface area contributed by atoms with E-state index < -0.39 is 0 Å². The number of nitrogens with one attached hydrogen (secondary N) is 2. The maximum Gasteiger partial charge on any atom is 0.166 e. The molecular formula is C40H26N6S2. The van der Waals surface area contributed by atoms with Crippen LogP contribution in [0.25, 0.3) is 65.3 Å². The van der Waals surface area contributed by atoms with Gasteiger partial charge in [-0.05, 0) is 57.6 Å². The third kappa shape index (κ3) is 5.79. The minimum Gasteiger partial charge on any atom is -0.293 e. The average molecular weight is 655 g/mol. The van der Waals surface area contributed by atoms with E-state index in [1.165, 1.54) is 16.7 Å². The normalized spacial score (nSPS) is 11.2. The fraction of sp³-hybridized carbons (Fsp3) is 0. The van der Waals surface area contributed by atoms with Crippen LogP contribution in [0.3, 0.4) is 0 Å². The molecule has 0 fully saturated rings. The van der Waals surface area contributed by atoms with Crippen molar-refractivity contribution >= 4 is 54.7 Å². The Morgan fingerprint density at radius 1 is 0.479 bits per heavy atom. The molecular weight excluding hydrogens is 629 g/mol. The Labute approximate surface area is 285 Å². The molecule has 0 aliphatic heterocycles. The predicted molar refractivity (Wildman–Crippen MR) is 200 cm³/mol. The summed E-state index contributed by atoms with van der Waals surface area (Å²) in [6.45, 7) is 0. The van der Waals surface area contributed by atoms with Gasteiger partial charge in [0.2, 0.25) is 0 Å². The quantitative estimate of drug-likeness (QED) is 0.137. The van der Waals surface area contributed by atoms with Gasteiger partial charge in [-0.1, -0.05) is 133 Å². The third-order valence-electron chi connectivity index (χ3n) is 8.10. The first-order valence-electron chi connectivity index (χ1n) is 15.3. The van der Waals surface area contributed by atoms with Gasteiger partial charge in [-0.25, -0.2) is 9.97 Å². The van der Waals surface area contributed by atoms with Gasteiger partial charge in [-0.2, -0.15) is 0 Å². The highest BCUT2D eigenvalue weighted by atomic mass is 32.2. The average Bonchev–Trinajstić information content (AvgIpc) is 3.65. The molecule has 48 heavy (non-hydrogen) atoms. The van der Waals surface area contributed by atoms with Gasteiger partial charge in [0.1, 0.15) is 20.8 Å². The van der Waals surface area contributed by atoms with Crippen molar-refractivity contribution in [3.8, 4) is 43.8 Å². The summed E-state index contributed by atoms with van der Waals surface area (Å²) in [5.41, 5.74) is 6.73. The molecule has 8 rings (SSSR count). The molecule has 0 amide bonds. The number of hydrogen-bond donors (Lipinski definition) is 2. The van der Waals surface area contributed by atoms with Gasteiger partial charge in [-0.15, -0.1) is 10.2 Å². The van der Waals surface area contributed by atoms with Crippen molar-refractivity contribution < 1.29 is 0 Å². The Bertz CT molecular complexity index is 2480. The van der Waals surface area contributed by atoms with Gasteiger partial charge < -0.3 is 0 Å². The maximum atomic E-state index is 8.74. The Kier molecular flexibility index (Phi) is 7.86. The molecule has 6 nitrogen and oxygen atoms in total. The van der Waals surface area contributed by atoms with Crippen molar-refractivity contribution in [1.82, 2.24) is 20.2 Å². The summed E-state index contributed by atoms with van der Waals surface area (Å²) in [5.74, 6) is 0. The van der Waals surface area contributed by atoms with Crippen molar-refractivity contribution in [2.75, 3.05) is 0 Å². The summed E-state index contributed by atoms with van der Waals surface area (Å²) in [5, 5.41) is 33.0. The lowest BCUT2D eigenvalue weighted by Gasteiger charge is -2.09. The highest BCUT2D eigenvalue weighted by Gasteiger charge is 2.15. The number of thioether (sulfide) groups is 1. The second-order valence-electron chi connectivity index (χ2n) is 11.1.